The maximum absolute atomic E-state index is 12.4. The lowest BCUT2D eigenvalue weighted by Gasteiger charge is -2.43. The van der Waals surface area contributed by atoms with E-state index < -0.39 is 5.60 Å². The Hall–Kier alpha value is -1.59. The Morgan fingerprint density at radius 3 is 2.50 bits per heavy atom. The summed E-state index contributed by atoms with van der Waals surface area (Å²) in [5.41, 5.74) is 5.87. The summed E-state index contributed by atoms with van der Waals surface area (Å²) >= 11 is 0. The molecular weight excluding hydrogens is 280 g/mol. The molecule has 5 nitrogen and oxygen atoms in total. The molecular formula is C17H24N2O3. The molecule has 2 heterocycles. The average molecular weight is 304 g/mol. The summed E-state index contributed by atoms with van der Waals surface area (Å²) < 4.78 is 5.46. The molecule has 0 aromatic heterocycles. The van der Waals surface area contributed by atoms with Crippen LogP contribution in [0.1, 0.15) is 37.7 Å². The molecule has 1 amide bonds. The van der Waals surface area contributed by atoms with Gasteiger partial charge in [-0.1, -0.05) is 30.3 Å². The van der Waals surface area contributed by atoms with Crippen molar-refractivity contribution in [2.24, 2.45) is 5.73 Å². The lowest BCUT2D eigenvalue weighted by molar-refractivity contribution is -0.0524. The summed E-state index contributed by atoms with van der Waals surface area (Å²) in [6.45, 7) is 0.775. The first-order chi connectivity index (χ1) is 10.6. The number of piperidine rings is 1. The van der Waals surface area contributed by atoms with Crippen molar-refractivity contribution in [2.75, 3.05) is 6.54 Å². The predicted octanol–water partition coefficient (Wildman–Crippen LogP) is 2.03. The zero-order valence-electron chi connectivity index (χ0n) is 12.8. The number of benzene rings is 1. The molecule has 2 saturated heterocycles. The fraction of sp³-hybridized carbons (Fsp3) is 0.588. The van der Waals surface area contributed by atoms with Crippen LogP contribution < -0.4 is 5.73 Å². The van der Waals surface area contributed by atoms with Crippen LogP contribution in [0.2, 0.25) is 0 Å². The Balaban J connectivity index is 1.60. The Morgan fingerprint density at radius 1 is 1.27 bits per heavy atom. The van der Waals surface area contributed by atoms with Crippen molar-refractivity contribution in [2.45, 2.75) is 56.4 Å². The minimum Gasteiger partial charge on any atom is -0.445 e. The maximum Gasteiger partial charge on any atom is 0.410 e. The van der Waals surface area contributed by atoms with Crippen LogP contribution in [0.5, 0.6) is 0 Å². The highest BCUT2D eigenvalue weighted by atomic mass is 16.6. The molecule has 120 valence electrons. The molecule has 0 saturated carbocycles. The molecule has 3 rings (SSSR count). The fourth-order valence-electron chi connectivity index (χ4n) is 3.89. The molecule has 0 spiro atoms. The summed E-state index contributed by atoms with van der Waals surface area (Å²) in [6, 6.07) is 9.85. The van der Waals surface area contributed by atoms with Crippen LogP contribution in [0.25, 0.3) is 0 Å². The number of fused-ring (bicyclic) bond motifs is 2. The zero-order chi connectivity index (χ0) is 15.6. The molecule has 5 heteroatoms. The van der Waals surface area contributed by atoms with Crippen LogP contribution >= 0.6 is 0 Å². The number of carbonyl (C=O) groups excluding carboxylic acids is 1. The molecule has 3 N–H and O–H groups in total. The average Bonchev–Trinajstić information content (AvgIpc) is 2.79. The van der Waals surface area contributed by atoms with Crippen LogP contribution in [0.4, 0.5) is 4.79 Å². The summed E-state index contributed by atoms with van der Waals surface area (Å²) in [7, 11) is 0. The van der Waals surface area contributed by atoms with Gasteiger partial charge in [0.2, 0.25) is 0 Å². The quantitative estimate of drug-likeness (QED) is 0.892. The van der Waals surface area contributed by atoms with Gasteiger partial charge in [-0.3, -0.25) is 0 Å². The van der Waals surface area contributed by atoms with Gasteiger partial charge in [0, 0.05) is 12.1 Å². The highest BCUT2D eigenvalue weighted by Gasteiger charge is 2.49. The molecule has 1 aromatic rings. The van der Waals surface area contributed by atoms with E-state index in [-0.39, 0.29) is 18.2 Å². The fourth-order valence-corrected chi connectivity index (χ4v) is 3.89. The number of carbonyl (C=O) groups is 1. The van der Waals surface area contributed by atoms with Crippen LogP contribution in [0.15, 0.2) is 30.3 Å². The molecule has 1 unspecified atom stereocenters. The first kappa shape index (κ1) is 15.3. The second-order valence-electron chi connectivity index (χ2n) is 6.50. The van der Waals surface area contributed by atoms with Gasteiger partial charge >= 0.3 is 6.09 Å². The van der Waals surface area contributed by atoms with E-state index in [1.54, 1.807) is 0 Å². The smallest absolute Gasteiger partial charge is 0.410 e. The lowest BCUT2D eigenvalue weighted by atomic mass is 9.84. The molecule has 0 radical (unpaired) electrons. The maximum atomic E-state index is 12.4. The zero-order valence-corrected chi connectivity index (χ0v) is 12.8. The Kier molecular flexibility index (Phi) is 4.36. The third-order valence-corrected chi connectivity index (χ3v) is 4.88. The van der Waals surface area contributed by atoms with E-state index in [2.05, 4.69) is 0 Å². The molecule has 3 atom stereocenters. The molecule has 2 aliphatic heterocycles. The second-order valence-corrected chi connectivity index (χ2v) is 6.50. The number of hydrogen-bond acceptors (Lipinski definition) is 4. The van der Waals surface area contributed by atoms with Crippen LogP contribution in [-0.4, -0.2) is 40.3 Å². The van der Waals surface area contributed by atoms with Gasteiger partial charge in [-0.25, -0.2) is 4.79 Å². The topological polar surface area (TPSA) is 75.8 Å². The standard InChI is InChI=1S/C17H24N2O3/c18-9-8-17(21)10-14-6-7-15(11-17)19(14)16(20)22-12-13-4-2-1-3-5-13/h1-5,14-15,21H,6-12,18H2/t14-,15+,17?. The van der Waals surface area contributed by atoms with E-state index in [0.717, 1.165) is 18.4 Å². The van der Waals surface area contributed by atoms with Gasteiger partial charge in [-0.15, -0.1) is 0 Å². The molecule has 2 aliphatic rings. The third-order valence-electron chi connectivity index (χ3n) is 4.88. The molecule has 2 fully saturated rings. The molecule has 2 bridgehead atoms. The Morgan fingerprint density at radius 2 is 1.91 bits per heavy atom. The van der Waals surface area contributed by atoms with Crippen molar-refractivity contribution in [3.05, 3.63) is 35.9 Å². The van der Waals surface area contributed by atoms with E-state index in [9.17, 15) is 9.90 Å². The largest absolute Gasteiger partial charge is 0.445 e. The predicted molar refractivity (Wildman–Crippen MR) is 83.1 cm³/mol. The number of aliphatic hydroxyl groups is 1. The van der Waals surface area contributed by atoms with Crippen LogP contribution in [0, 0.1) is 0 Å². The third kappa shape index (κ3) is 3.10. The van der Waals surface area contributed by atoms with Crippen molar-refractivity contribution in [1.29, 1.82) is 0 Å². The van der Waals surface area contributed by atoms with Gasteiger partial charge in [0.05, 0.1) is 5.60 Å². The number of nitrogens with two attached hydrogens (primary N) is 1. The highest BCUT2D eigenvalue weighted by molar-refractivity contribution is 5.69. The van der Waals surface area contributed by atoms with Gasteiger partial charge in [0.25, 0.3) is 0 Å². The lowest BCUT2D eigenvalue weighted by Crippen LogP contribution is -2.53. The Bertz CT molecular complexity index is 506. The Labute approximate surface area is 131 Å². The van der Waals surface area contributed by atoms with Gasteiger partial charge in [-0.2, -0.15) is 0 Å². The summed E-state index contributed by atoms with van der Waals surface area (Å²) in [4.78, 5) is 14.2. The number of nitrogens with zero attached hydrogens (tertiary/aromatic N) is 1. The highest BCUT2D eigenvalue weighted by Crippen LogP contribution is 2.42. The van der Waals surface area contributed by atoms with Crippen molar-refractivity contribution in [3.63, 3.8) is 0 Å². The molecule has 22 heavy (non-hydrogen) atoms. The normalized spacial score (nSPS) is 30.4. The van der Waals surface area contributed by atoms with E-state index in [1.807, 2.05) is 35.2 Å². The van der Waals surface area contributed by atoms with Gasteiger partial charge in [0.15, 0.2) is 0 Å². The minimum atomic E-state index is -0.712. The molecule has 1 aromatic carbocycles. The second kappa shape index (κ2) is 6.26. The van der Waals surface area contributed by atoms with Crippen molar-refractivity contribution < 1.29 is 14.6 Å². The van der Waals surface area contributed by atoms with Gasteiger partial charge < -0.3 is 20.5 Å². The number of ether oxygens (including phenoxy) is 1. The van der Waals surface area contributed by atoms with Crippen molar-refractivity contribution in [1.82, 2.24) is 4.90 Å². The number of rotatable bonds is 4. The number of amides is 1. The molecule has 0 aliphatic carbocycles. The van der Waals surface area contributed by atoms with Crippen molar-refractivity contribution >= 4 is 6.09 Å². The summed E-state index contributed by atoms with van der Waals surface area (Å²) in [6.07, 6.45) is 3.46. The van der Waals surface area contributed by atoms with Gasteiger partial charge in [0.1, 0.15) is 6.61 Å². The van der Waals surface area contributed by atoms with E-state index in [1.165, 1.54) is 0 Å². The van der Waals surface area contributed by atoms with Gasteiger partial charge in [-0.05, 0) is 44.2 Å². The first-order valence-electron chi connectivity index (χ1n) is 8.03. The minimum absolute atomic E-state index is 0.0820. The van der Waals surface area contributed by atoms with E-state index in [4.69, 9.17) is 10.5 Å². The van der Waals surface area contributed by atoms with E-state index >= 15 is 0 Å². The van der Waals surface area contributed by atoms with Crippen molar-refractivity contribution in [3.8, 4) is 0 Å². The van der Waals surface area contributed by atoms with Crippen LogP contribution in [-0.2, 0) is 11.3 Å². The monoisotopic (exact) mass is 304 g/mol. The van der Waals surface area contributed by atoms with E-state index in [0.29, 0.717) is 32.4 Å². The summed E-state index contributed by atoms with van der Waals surface area (Å²) in [5.74, 6) is 0. The van der Waals surface area contributed by atoms with Crippen LogP contribution in [0.3, 0.4) is 0 Å². The summed E-state index contributed by atoms with van der Waals surface area (Å²) in [5, 5.41) is 10.6. The number of hydrogen-bond donors (Lipinski definition) is 2. The first-order valence-corrected chi connectivity index (χ1v) is 8.03. The SMILES string of the molecule is NCCC1(O)C[C@H]2CC[C@@H](C1)N2C(=O)OCc1ccccc1.